The molecule has 2 rings (SSSR count). The van der Waals surface area contributed by atoms with Crippen LogP contribution in [0.4, 0.5) is 5.69 Å². The van der Waals surface area contributed by atoms with Crippen molar-refractivity contribution in [2.24, 2.45) is 5.73 Å². The van der Waals surface area contributed by atoms with Gasteiger partial charge in [0, 0.05) is 13.0 Å². The molecule has 3 N–H and O–H groups in total. The Morgan fingerprint density at radius 2 is 1.88 bits per heavy atom. The number of amides is 2. The summed E-state index contributed by atoms with van der Waals surface area (Å²) in [5, 5.41) is 2.75. The molecule has 24 heavy (non-hydrogen) atoms. The summed E-state index contributed by atoms with van der Waals surface area (Å²) in [6.45, 7) is 2.92. The molecule has 0 heterocycles. The fourth-order valence-electron chi connectivity index (χ4n) is 2.29. The Bertz CT molecular complexity index is 699. The molecule has 5 nitrogen and oxygen atoms in total. The SMILES string of the molecule is Cc1ccc(C(N)=O)c(NC(=O)CCCOCc2ccccc2)c1. The van der Waals surface area contributed by atoms with Crippen molar-refractivity contribution in [3.63, 3.8) is 0 Å². The molecule has 0 spiro atoms. The smallest absolute Gasteiger partial charge is 0.250 e. The van der Waals surface area contributed by atoms with Crippen LogP contribution in [0.2, 0.25) is 0 Å². The van der Waals surface area contributed by atoms with Crippen LogP contribution in [0.1, 0.15) is 34.3 Å². The number of ether oxygens (including phenoxy) is 1. The summed E-state index contributed by atoms with van der Waals surface area (Å²) in [5.41, 5.74) is 8.15. The number of hydrogen-bond donors (Lipinski definition) is 2. The normalized spacial score (nSPS) is 10.4. The highest BCUT2D eigenvalue weighted by atomic mass is 16.5. The van der Waals surface area contributed by atoms with Crippen LogP contribution in [0.15, 0.2) is 48.5 Å². The Hall–Kier alpha value is -2.66. The van der Waals surface area contributed by atoms with Gasteiger partial charge in [0.05, 0.1) is 17.9 Å². The summed E-state index contributed by atoms with van der Waals surface area (Å²) in [5.74, 6) is -0.720. The third-order valence-corrected chi connectivity index (χ3v) is 3.52. The van der Waals surface area contributed by atoms with Crippen molar-refractivity contribution >= 4 is 17.5 Å². The van der Waals surface area contributed by atoms with E-state index in [0.717, 1.165) is 11.1 Å². The first-order valence-electron chi connectivity index (χ1n) is 7.88. The number of primary amides is 1. The molecule has 0 aliphatic rings. The lowest BCUT2D eigenvalue weighted by atomic mass is 10.1. The first kappa shape index (κ1) is 17.7. The van der Waals surface area contributed by atoms with Gasteiger partial charge in [-0.2, -0.15) is 0 Å². The summed E-state index contributed by atoms with van der Waals surface area (Å²) < 4.78 is 5.55. The van der Waals surface area contributed by atoms with Gasteiger partial charge in [0.15, 0.2) is 0 Å². The lowest BCUT2D eigenvalue weighted by molar-refractivity contribution is -0.116. The molecule has 0 aromatic heterocycles. The molecule has 2 aromatic carbocycles. The Morgan fingerprint density at radius 1 is 1.12 bits per heavy atom. The van der Waals surface area contributed by atoms with Gasteiger partial charge >= 0.3 is 0 Å². The quantitative estimate of drug-likeness (QED) is 0.732. The van der Waals surface area contributed by atoms with E-state index in [0.29, 0.717) is 37.3 Å². The monoisotopic (exact) mass is 326 g/mol. The van der Waals surface area contributed by atoms with Gasteiger partial charge in [-0.1, -0.05) is 36.4 Å². The van der Waals surface area contributed by atoms with Crippen molar-refractivity contribution in [1.29, 1.82) is 0 Å². The number of rotatable bonds is 8. The first-order valence-corrected chi connectivity index (χ1v) is 7.88. The number of nitrogens with one attached hydrogen (secondary N) is 1. The van der Waals surface area contributed by atoms with Gasteiger partial charge in [-0.05, 0) is 36.6 Å². The predicted molar refractivity (Wildman–Crippen MR) is 93.7 cm³/mol. The second kappa shape index (κ2) is 8.84. The van der Waals surface area contributed by atoms with E-state index in [-0.39, 0.29) is 5.91 Å². The summed E-state index contributed by atoms with van der Waals surface area (Å²) in [4.78, 5) is 23.4. The van der Waals surface area contributed by atoms with Gasteiger partial charge in [-0.15, -0.1) is 0 Å². The van der Waals surface area contributed by atoms with E-state index in [9.17, 15) is 9.59 Å². The van der Waals surface area contributed by atoms with Crippen LogP contribution >= 0.6 is 0 Å². The van der Waals surface area contributed by atoms with Crippen LogP contribution in [-0.2, 0) is 16.1 Å². The van der Waals surface area contributed by atoms with Crippen molar-refractivity contribution in [2.75, 3.05) is 11.9 Å². The number of benzene rings is 2. The van der Waals surface area contributed by atoms with Crippen molar-refractivity contribution < 1.29 is 14.3 Å². The highest BCUT2D eigenvalue weighted by Gasteiger charge is 2.11. The van der Waals surface area contributed by atoms with Crippen LogP contribution in [0.3, 0.4) is 0 Å². The summed E-state index contributed by atoms with van der Waals surface area (Å²) in [7, 11) is 0. The van der Waals surface area contributed by atoms with Crippen molar-refractivity contribution in [1.82, 2.24) is 0 Å². The fraction of sp³-hybridized carbons (Fsp3) is 0.263. The van der Waals surface area contributed by atoms with Gasteiger partial charge in [0.25, 0.3) is 5.91 Å². The summed E-state index contributed by atoms with van der Waals surface area (Å²) >= 11 is 0. The van der Waals surface area contributed by atoms with E-state index in [2.05, 4.69) is 5.32 Å². The highest BCUT2D eigenvalue weighted by molar-refractivity contribution is 6.03. The lowest BCUT2D eigenvalue weighted by Crippen LogP contribution is -2.18. The summed E-state index contributed by atoms with van der Waals surface area (Å²) in [6, 6.07) is 15.0. The van der Waals surface area contributed by atoms with Crippen molar-refractivity contribution in [2.45, 2.75) is 26.4 Å². The molecule has 0 unspecified atom stereocenters. The van der Waals surface area contributed by atoms with Crippen molar-refractivity contribution in [3.05, 3.63) is 65.2 Å². The topological polar surface area (TPSA) is 81.4 Å². The maximum Gasteiger partial charge on any atom is 0.250 e. The zero-order chi connectivity index (χ0) is 17.4. The molecule has 0 atom stereocenters. The number of aryl methyl sites for hydroxylation is 1. The maximum absolute atomic E-state index is 12.0. The van der Waals surface area contributed by atoms with E-state index in [1.165, 1.54) is 0 Å². The van der Waals surface area contributed by atoms with Gasteiger partial charge in [0.1, 0.15) is 0 Å². The van der Waals surface area contributed by atoms with E-state index in [1.807, 2.05) is 37.3 Å². The van der Waals surface area contributed by atoms with Gasteiger partial charge in [-0.25, -0.2) is 0 Å². The summed E-state index contributed by atoms with van der Waals surface area (Å²) in [6.07, 6.45) is 0.928. The van der Waals surface area contributed by atoms with Crippen LogP contribution in [0.25, 0.3) is 0 Å². The van der Waals surface area contributed by atoms with E-state index >= 15 is 0 Å². The molecule has 0 aliphatic carbocycles. The molecule has 2 aromatic rings. The minimum atomic E-state index is -0.559. The molecule has 0 fully saturated rings. The lowest BCUT2D eigenvalue weighted by Gasteiger charge is -2.10. The molecule has 0 bridgehead atoms. The largest absolute Gasteiger partial charge is 0.377 e. The number of carbonyl (C=O) groups excluding carboxylic acids is 2. The molecule has 5 heteroatoms. The van der Waals surface area contributed by atoms with Gasteiger partial charge in [-0.3, -0.25) is 9.59 Å². The highest BCUT2D eigenvalue weighted by Crippen LogP contribution is 2.17. The van der Waals surface area contributed by atoms with Gasteiger partial charge < -0.3 is 15.8 Å². The van der Waals surface area contributed by atoms with E-state index < -0.39 is 5.91 Å². The Balaban J connectivity index is 1.75. The molecule has 0 aliphatic heterocycles. The molecule has 0 saturated heterocycles. The number of carbonyl (C=O) groups is 2. The molecule has 0 radical (unpaired) electrons. The maximum atomic E-state index is 12.0. The standard InChI is InChI=1S/C19H22N2O3/c1-14-9-10-16(19(20)23)17(12-14)21-18(22)8-5-11-24-13-15-6-3-2-4-7-15/h2-4,6-7,9-10,12H,5,8,11,13H2,1H3,(H2,20,23)(H,21,22). The number of hydrogen-bond acceptors (Lipinski definition) is 3. The minimum Gasteiger partial charge on any atom is -0.377 e. The van der Waals surface area contributed by atoms with E-state index in [1.54, 1.807) is 18.2 Å². The third kappa shape index (κ3) is 5.52. The second-order valence-corrected chi connectivity index (χ2v) is 5.60. The van der Waals surface area contributed by atoms with Crippen molar-refractivity contribution in [3.8, 4) is 0 Å². The molecule has 126 valence electrons. The second-order valence-electron chi connectivity index (χ2n) is 5.60. The zero-order valence-electron chi connectivity index (χ0n) is 13.7. The third-order valence-electron chi connectivity index (χ3n) is 3.52. The van der Waals surface area contributed by atoms with E-state index in [4.69, 9.17) is 10.5 Å². The molecule has 2 amide bonds. The first-order chi connectivity index (χ1) is 11.6. The minimum absolute atomic E-state index is 0.161. The molecular weight excluding hydrogens is 304 g/mol. The zero-order valence-corrected chi connectivity index (χ0v) is 13.7. The Labute approximate surface area is 141 Å². The van der Waals surface area contributed by atoms with Crippen LogP contribution in [0, 0.1) is 6.92 Å². The Morgan fingerprint density at radius 3 is 2.58 bits per heavy atom. The van der Waals surface area contributed by atoms with Crippen LogP contribution in [-0.4, -0.2) is 18.4 Å². The van der Waals surface area contributed by atoms with Gasteiger partial charge in [0.2, 0.25) is 5.91 Å². The predicted octanol–water partition coefficient (Wildman–Crippen LogP) is 3.03. The molecule has 0 saturated carbocycles. The Kier molecular flexibility index (Phi) is 6.51. The number of nitrogens with two attached hydrogens (primary N) is 1. The molecular formula is C19H22N2O3. The van der Waals surface area contributed by atoms with Crippen LogP contribution < -0.4 is 11.1 Å². The number of anilines is 1. The average Bonchev–Trinajstić information content (AvgIpc) is 2.55. The van der Waals surface area contributed by atoms with Crippen LogP contribution in [0.5, 0.6) is 0 Å². The average molecular weight is 326 g/mol. The fourth-order valence-corrected chi connectivity index (χ4v) is 2.29.